The Hall–Kier alpha value is -1.42. The normalized spacial score (nSPS) is 17.9. The van der Waals surface area contributed by atoms with E-state index in [4.69, 9.17) is 0 Å². The second-order valence-electron chi connectivity index (χ2n) is 3.87. The number of benzene rings is 1. The van der Waals surface area contributed by atoms with Crippen molar-refractivity contribution < 1.29 is 0 Å². The summed E-state index contributed by atoms with van der Waals surface area (Å²) in [7, 11) is 0. The van der Waals surface area contributed by atoms with Gasteiger partial charge in [0.2, 0.25) is 0 Å². The maximum absolute atomic E-state index is 12.1. The van der Waals surface area contributed by atoms with Crippen LogP contribution < -0.4 is 5.56 Å². The van der Waals surface area contributed by atoms with Gasteiger partial charge in [0, 0.05) is 22.3 Å². The minimum Gasteiger partial charge on any atom is -0.312 e. The quantitative estimate of drug-likeness (QED) is 0.828. The lowest BCUT2D eigenvalue weighted by molar-refractivity contribution is 0.679. The van der Waals surface area contributed by atoms with Gasteiger partial charge in [0.05, 0.1) is 6.54 Å². The van der Waals surface area contributed by atoms with E-state index in [0.717, 1.165) is 15.2 Å². The third-order valence-electron chi connectivity index (χ3n) is 2.68. The lowest BCUT2D eigenvalue weighted by Gasteiger charge is -2.05. The Balaban J connectivity index is 2.15. The van der Waals surface area contributed by atoms with Gasteiger partial charge in [-0.05, 0) is 29.7 Å². The number of aliphatic imine (C=N–C) groups is 1. The highest BCUT2D eigenvalue weighted by Gasteiger charge is 2.14. The number of halogens is 1. The fourth-order valence-electron chi connectivity index (χ4n) is 1.76. The molecular formula is C12H9BrN2O. The van der Waals surface area contributed by atoms with Crippen molar-refractivity contribution in [3.63, 3.8) is 0 Å². The van der Waals surface area contributed by atoms with Crippen LogP contribution in [-0.4, -0.2) is 16.8 Å². The standard InChI is InChI=1S/C12H9BrN2O/c13-9-1-2-11-8(5-9)3-4-15(12(11)16)7-10-6-14-10/h1-6,10H,7H2. The fourth-order valence-corrected chi connectivity index (χ4v) is 2.14. The highest BCUT2D eigenvalue weighted by atomic mass is 79.9. The summed E-state index contributed by atoms with van der Waals surface area (Å²) < 4.78 is 2.70. The summed E-state index contributed by atoms with van der Waals surface area (Å²) in [5, 5.41) is 1.72. The van der Waals surface area contributed by atoms with Gasteiger partial charge in [-0.15, -0.1) is 0 Å². The minimum atomic E-state index is 0.0560. The molecule has 0 aliphatic carbocycles. The third-order valence-corrected chi connectivity index (χ3v) is 3.18. The smallest absolute Gasteiger partial charge is 0.258 e. The molecule has 0 spiro atoms. The first-order valence-electron chi connectivity index (χ1n) is 5.06. The number of fused-ring (bicyclic) bond motifs is 1. The van der Waals surface area contributed by atoms with Gasteiger partial charge in [-0.1, -0.05) is 15.9 Å². The Morgan fingerprint density at radius 2 is 2.19 bits per heavy atom. The van der Waals surface area contributed by atoms with Gasteiger partial charge in [0.15, 0.2) is 0 Å². The largest absolute Gasteiger partial charge is 0.312 e. The van der Waals surface area contributed by atoms with Gasteiger partial charge in [0.1, 0.15) is 6.04 Å². The van der Waals surface area contributed by atoms with Crippen LogP contribution in [0, 0.1) is 0 Å². The molecule has 0 N–H and O–H groups in total. The Kier molecular flexibility index (Phi) is 2.17. The van der Waals surface area contributed by atoms with Crippen molar-refractivity contribution in [3.8, 4) is 0 Å². The van der Waals surface area contributed by atoms with Gasteiger partial charge in [-0.2, -0.15) is 0 Å². The third kappa shape index (κ3) is 1.69. The summed E-state index contributed by atoms with van der Waals surface area (Å²) in [5.74, 6) is 0. The number of rotatable bonds is 2. The number of hydrogen-bond donors (Lipinski definition) is 0. The van der Waals surface area contributed by atoms with Crippen LogP contribution in [0.2, 0.25) is 0 Å². The molecule has 1 aliphatic rings. The SMILES string of the molecule is O=c1c2ccc(Br)cc2ccn1CC1C=N1. The summed E-state index contributed by atoms with van der Waals surface area (Å²) in [6.07, 6.45) is 3.69. The van der Waals surface area contributed by atoms with Crippen LogP contribution in [0.1, 0.15) is 0 Å². The highest BCUT2D eigenvalue weighted by Crippen LogP contribution is 2.17. The minimum absolute atomic E-state index is 0.0560. The molecule has 16 heavy (non-hydrogen) atoms. The maximum atomic E-state index is 12.1. The molecule has 0 radical (unpaired) electrons. The summed E-state index contributed by atoms with van der Waals surface area (Å²) in [5.41, 5.74) is 0.0560. The lowest BCUT2D eigenvalue weighted by Crippen LogP contribution is -2.22. The summed E-state index contributed by atoms with van der Waals surface area (Å²) in [6, 6.07) is 7.89. The van der Waals surface area contributed by atoms with Crippen LogP contribution in [0.25, 0.3) is 10.8 Å². The predicted molar refractivity (Wildman–Crippen MR) is 68.2 cm³/mol. The molecule has 0 amide bonds. The average Bonchev–Trinajstić information content (AvgIpc) is 3.06. The lowest BCUT2D eigenvalue weighted by atomic mass is 10.2. The molecular weight excluding hydrogens is 268 g/mol. The molecule has 1 aromatic carbocycles. The first-order chi connectivity index (χ1) is 7.74. The van der Waals surface area contributed by atoms with E-state index in [0.29, 0.717) is 6.54 Å². The second kappa shape index (κ2) is 3.56. The summed E-state index contributed by atoms with van der Waals surface area (Å²) in [6.45, 7) is 0.658. The van der Waals surface area contributed by atoms with Crippen LogP contribution in [0.15, 0.2) is 44.7 Å². The number of hydrogen-bond acceptors (Lipinski definition) is 2. The molecule has 1 aromatic heterocycles. The Morgan fingerprint density at radius 3 is 2.94 bits per heavy atom. The van der Waals surface area contributed by atoms with E-state index in [1.54, 1.807) is 4.57 Å². The highest BCUT2D eigenvalue weighted by molar-refractivity contribution is 9.10. The number of aromatic nitrogens is 1. The fraction of sp³-hybridized carbons (Fsp3) is 0.167. The molecule has 0 fully saturated rings. The molecule has 1 unspecified atom stereocenters. The molecule has 0 saturated carbocycles. The van der Waals surface area contributed by atoms with E-state index >= 15 is 0 Å². The Morgan fingerprint density at radius 1 is 1.38 bits per heavy atom. The number of nitrogens with zero attached hydrogens (tertiary/aromatic N) is 2. The maximum Gasteiger partial charge on any atom is 0.258 e. The Labute approximate surface area is 101 Å². The van der Waals surface area contributed by atoms with Gasteiger partial charge in [0.25, 0.3) is 5.56 Å². The Bertz CT molecular complexity index is 639. The van der Waals surface area contributed by atoms with E-state index in [9.17, 15) is 4.79 Å². The molecule has 2 heterocycles. The van der Waals surface area contributed by atoms with Gasteiger partial charge < -0.3 is 4.57 Å². The topological polar surface area (TPSA) is 34.4 Å². The zero-order valence-electron chi connectivity index (χ0n) is 8.43. The zero-order chi connectivity index (χ0) is 11.1. The van der Waals surface area contributed by atoms with Crippen molar-refractivity contribution in [2.45, 2.75) is 12.6 Å². The molecule has 2 aromatic rings. The van der Waals surface area contributed by atoms with Crippen LogP contribution in [0.4, 0.5) is 0 Å². The first-order valence-corrected chi connectivity index (χ1v) is 5.85. The molecule has 1 atom stereocenters. The van der Waals surface area contributed by atoms with Crippen LogP contribution in [0.5, 0.6) is 0 Å². The van der Waals surface area contributed by atoms with E-state index in [1.165, 1.54) is 0 Å². The van der Waals surface area contributed by atoms with Crippen molar-refractivity contribution in [3.05, 3.63) is 45.3 Å². The van der Waals surface area contributed by atoms with Gasteiger partial charge >= 0.3 is 0 Å². The molecule has 3 nitrogen and oxygen atoms in total. The average molecular weight is 277 g/mol. The monoisotopic (exact) mass is 276 g/mol. The zero-order valence-corrected chi connectivity index (χ0v) is 10.0. The number of pyridine rings is 1. The molecule has 1 aliphatic heterocycles. The molecule has 80 valence electrons. The molecule has 0 saturated heterocycles. The van der Waals surface area contributed by atoms with Crippen molar-refractivity contribution in [2.75, 3.05) is 0 Å². The molecule has 4 heteroatoms. The van der Waals surface area contributed by atoms with Crippen LogP contribution in [0.3, 0.4) is 0 Å². The predicted octanol–water partition coefficient (Wildman–Crippen LogP) is 2.22. The van der Waals surface area contributed by atoms with E-state index in [2.05, 4.69) is 20.9 Å². The van der Waals surface area contributed by atoms with Gasteiger partial charge in [-0.25, -0.2) is 0 Å². The van der Waals surface area contributed by atoms with E-state index < -0.39 is 0 Å². The van der Waals surface area contributed by atoms with Crippen molar-refractivity contribution >= 4 is 32.9 Å². The molecule has 3 rings (SSSR count). The van der Waals surface area contributed by atoms with E-state index in [-0.39, 0.29) is 11.6 Å². The van der Waals surface area contributed by atoms with Crippen LogP contribution in [-0.2, 0) is 6.54 Å². The van der Waals surface area contributed by atoms with Crippen molar-refractivity contribution in [1.29, 1.82) is 0 Å². The van der Waals surface area contributed by atoms with Crippen LogP contribution >= 0.6 is 15.9 Å². The summed E-state index contributed by atoms with van der Waals surface area (Å²) >= 11 is 3.40. The van der Waals surface area contributed by atoms with Crippen molar-refractivity contribution in [2.24, 2.45) is 4.99 Å². The second-order valence-corrected chi connectivity index (χ2v) is 4.79. The van der Waals surface area contributed by atoms with Crippen molar-refractivity contribution in [1.82, 2.24) is 4.57 Å². The molecule has 0 bridgehead atoms. The first kappa shape index (κ1) is 9.78. The summed E-state index contributed by atoms with van der Waals surface area (Å²) in [4.78, 5) is 16.1. The van der Waals surface area contributed by atoms with Gasteiger partial charge in [-0.3, -0.25) is 9.79 Å². The van der Waals surface area contributed by atoms with E-state index in [1.807, 2.05) is 36.7 Å².